The van der Waals surface area contributed by atoms with Gasteiger partial charge in [0.05, 0.1) is 18.0 Å². The Balaban J connectivity index is 1.99. The maximum atomic E-state index is 11.2. The first-order chi connectivity index (χ1) is 12.7. The Hall–Kier alpha value is -2.70. The highest BCUT2D eigenvalue weighted by Crippen LogP contribution is 2.23. The van der Waals surface area contributed by atoms with Crippen LogP contribution in [-0.2, 0) is 16.1 Å². The van der Waals surface area contributed by atoms with E-state index in [2.05, 4.69) is 15.3 Å². The predicted molar refractivity (Wildman–Crippen MR) is 106 cm³/mol. The van der Waals surface area contributed by atoms with Crippen molar-refractivity contribution >= 4 is 28.6 Å². The van der Waals surface area contributed by atoms with E-state index in [9.17, 15) is 4.79 Å². The molecule has 1 amide bonds. The van der Waals surface area contributed by atoms with Gasteiger partial charge in [-0.3, -0.25) is 4.79 Å². The Labute approximate surface area is 156 Å². The molecule has 6 heteroatoms. The zero-order chi connectivity index (χ0) is 18.4. The van der Waals surface area contributed by atoms with E-state index >= 15 is 0 Å². The Morgan fingerprint density at radius 3 is 2.54 bits per heavy atom. The highest BCUT2D eigenvalue weighted by atomic mass is 32.1. The molecule has 0 aliphatic heterocycles. The van der Waals surface area contributed by atoms with Gasteiger partial charge in [0.2, 0.25) is 5.91 Å². The van der Waals surface area contributed by atoms with E-state index in [-0.39, 0.29) is 5.91 Å². The minimum atomic E-state index is -0.0765. The van der Waals surface area contributed by atoms with Gasteiger partial charge in [-0.1, -0.05) is 30.3 Å². The molecule has 3 aromatic rings. The number of rotatable bonds is 6. The number of carbonyl (C=O) groups excluding carboxylic acids is 1. The number of hydrogen-bond donors (Lipinski definition) is 1. The minimum Gasteiger partial charge on any atom is -0.383 e. The Morgan fingerprint density at radius 1 is 1.15 bits per heavy atom. The summed E-state index contributed by atoms with van der Waals surface area (Å²) in [5.41, 5.74) is 3.86. The van der Waals surface area contributed by atoms with E-state index in [1.807, 2.05) is 54.6 Å². The molecule has 1 heterocycles. The summed E-state index contributed by atoms with van der Waals surface area (Å²) in [5.74, 6) is -0.0765. The zero-order valence-electron chi connectivity index (χ0n) is 14.8. The molecule has 0 saturated carbocycles. The number of thiazole rings is 1. The van der Waals surface area contributed by atoms with Crippen molar-refractivity contribution in [3.05, 3.63) is 64.8 Å². The summed E-state index contributed by atoms with van der Waals surface area (Å²) in [6.07, 6.45) is 0. The Bertz CT molecular complexity index is 928. The number of benzene rings is 2. The van der Waals surface area contributed by atoms with Crippen molar-refractivity contribution in [2.45, 2.75) is 13.5 Å². The molecule has 0 unspecified atom stereocenters. The number of methoxy groups -OCH3 is 1. The molecule has 134 valence electrons. The standard InChI is InChI=1S/C20H21N3O2S/c1-15(24)21-18-10-8-16(9-11-18)19-14-26-20(23(19)12-13-25-2)22-17-6-4-3-5-7-17/h3-11,14H,12-13H2,1-2H3,(H,21,24). The van der Waals surface area contributed by atoms with Gasteiger partial charge < -0.3 is 14.6 Å². The molecule has 0 fully saturated rings. The Kier molecular flexibility index (Phi) is 5.99. The molecule has 1 N–H and O–H groups in total. The fraction of sp³-hybridized carbons (Fsp3) is 0.200. The van der Waals surface area contributed by atoms with Crippen molar-refractivity contribution in [2.24, 2.45) is 4.99 Å². The summed E-state index contributed by atoms with van der Waals surface area (Å²) in [7, 11) is 1.70. The number of hydrogen-bond acceptors (Lipinski definition) is 4. The van der Waals surface area contributed by atoms with Crippen LogP contribution in [0.1, 0.15) is 6.92 Å². The second-order valence-electron chi connectivity index (χ2n) is 5.75. The lowest BCUT2D eigenvalue weighted by molar-refractivity contribution is -0.114. The average Bonchev–Trinajstić information content (AvgIpc) is 3.03. The second kappa shape index (κ2) is 8.60. The summed E-state index contributed by atoms with van der Waals surface area (Å²) >= 11 is 1.60. The highest BCUT2D eigenvalue weighted by molar-refractivity contribution is 7.07. The SMILES string of the molecule is COCCn1c(-c2ccc(NC(C)=O)cc2)csc1=Nc1ccccc1. The average molecular weight is 367 g/mol. The Morgan fingerprint density at radius 2 is 1.88 bits per heavy atom. The first-order valence-electron chi connectivity index (χ1n) is 8.32. The molecule has 5 nitrogen and oxygen atoms in total. The monoisotopic (exact) mass is 367 g/mol. The molecule has 0 radical (unpaired) electrons. The van der Waals surface area contributed by atoms with Crippen molar-refractivity contribution in [3.8, 4) is 11.3 Å². The molecule has 3 rings (SSSR count). The largest absolute Gasteiger partial charge is 0.383 e. The van der Waals surface area contributed by atoms with Crippen molar-refractivity contribution in [1.82, 2.24) is 4.57 Å². The summed E-state index contributed by atoms with van der Waals surface area (Å²) in [6.45, 7) is 2.83. The second-order valence-corrected chi connectivity index (χ2v) is 6.59. The van der Waals surface area contributed by atoms with Crippen LogP contribution in [0.25, 0.3) is 11.3 Å². The number of nitrogens with zero attached hydrogens (tertiary/aromatic N) is 2. The number of nitrogens with one attached hydrogen (secondary N) is 1. The van der Waals surface area contributed by atoms with Gasteiger partial charge in [-0.15, -0.1) is 11.3 Å². The molecule has 0 aliphatic carbocycles. The molecule has 2 aromatic carbocycles. The lowest BCUT2D eigenvalue weighted by Gasteiger charge is -2.09. The molecule has 0 bridgehead atoms. The zero-order valence-corrected chi connectivity index (χ0v) is 15.6. The fourth-order valence-corrected chi connectivity index (χ4v) is 3.54. The van der Waals surface area contributed by atoms with Crippen molar-refractivity contribution in [2.75, 3.05) is 19.0 Å². The van der Waals surface area contributed by atoms with Gasteiger partial charge in [-0.05, 0) is 29.8 Å². The molecule has 0 atom stereocenters. The van der Waals surface area contributed by atoms with E-state index in [4.69, 9.17) is 9.73 Å². The number of carbonyl (C=O) groups is 1. The van der Waals surface area contributed by atoms with Crippen LogP contribution in [0.15, 0.2) is 65.0 Å². The predicted octanol–water partition coefficient (Wildman–Crippen LogP) is 4.05. The molecule has 26 heavy (non-hydrogen) atoms. The number of amides is 1. The fourth-order valence-electron chi connectivity index (χ4n) is 2.59. The number of ether oxygens (including phenoxy) is 1. The van der Waals surface area contributed by atoms with Gasteiger partial charge >= 0.3 is 0 Å². The molecular weight excluding hydrogens is 346 g/mol. The summed E-state index contributed by atoms with van der Waals surface area (Å²) in [5, 5.41) is 4.89. The van der Waals surface area contributed by atoms with Crippen LogP contribution in [0.5, 0.6) is 0 Å². The normalized spacial score (nSPS) is 11.5. The van der Waals surface area contributed by atoms with E-state index in [0.717, 1.165) is 27.4 Å². The third-order valence-corrected chi connectivity index (χ3v) is 4.66. The lowest BCUT2D eigenvalue weighted by Crippen LogP contribution is -2.18. The summed E-state index contributed by atoms with van der Waals surface area (Å²) < 4.78 is 7.43. The third kappa shape index (κ3) is 4.47. The van der Waals surface area contributed by atoms with E-state index < -0.39 is 0 Å². The van der Waals surface area contributed by atoms with Crippen LogP contribution in [0.4, 0.5) is 11.4 Å². The number of para-hydroxylation sites is 1. The third-order valence-electron chi connectivity index (χ3n) is 3.80. The van der Waals surface area contributed by atoms with Crippen molar-refractivity contribution in [1.29, 1.82) is 0 Å². The van der Waals surface area contributed by atoms with E-state index in [0.29, 0.717) is 13.2 Å². The smallest absolute Gasteiger partial charge is 0.221 e. The molecule has 0 spiro atoms. The maximum Gasteiger partial charge on any atom is 0.221 e. The molecule has 0 aliphatic rings. The summed E-state index contributed by atoms with van der Waals surface area (Å²) in [4.78, 5) is 16.9. The van der Waals surface area contributed by atoms with Gasteiger partial charge in [0, 0.05) is 31.6 Å². The lowest BCUT2D eigenvalue weighted by atomic mass is 10.1. The van der Waals surface area contributed by atoms with Crippen molar-refractivity contribution < 1.29 is 9.53 Å². The van der Waals surface area contributed by atoms with Gasteiger partial charge in [0.1, 0.15) is 0 Å². The van der Waals surface area contributed by atoms with E-state index in [1.165, 1.54) is 6.92 Å². The van der Waals surface area contributed by atoms with Gasteiger partial charge in [0.15, 0.2) is 4.80 Å². The van der Waals surface area contributed by atoms with Crippen molar-refractivity contribution in [3.63, 3.8) is 0 Å². The number of aromatic nitrogens is 1. The van der Waals surface area contributed by atoms with Crippen LogP contribution in [0.2, 0.25) is 0 Å². The maximum absolute atomic E-state index is 11.2. The van der Waals surface area contributed by atoms with Crippen LogP contribution >= 0.6 is 11.3 Å². The van der Waals surface area contributed by atoms with Gasteiger partial charge in [0.25, 0.3) is 0 Å². The van der Waals surface area contributed by atoms with E-state index in [1.54, 1.807) is 18.4 Å². The highest BCUT2D eigenvalue weighted by Gasteiger charge is 2.08. The summed E-state index contributed by atoms with van der Waals surface area (Å²) in [6, 6.07) is 17.7. The van der Waals surface area contributed by atoms with Crippen LogP contribution in [-0.4, -0.2) is 24.2 Å². The quantitative estimate of drug-likeness (QED) is 0.714. The number of anilines is 1. The van der Waals surface area contributed by atoms with Crippen LogP contribution < -0.4 is 10.1 Å². The first-order valence-corrected chi connectivity index (χ1v) is 9.20. The van der Waals surface area contributed by atoms with Crippen LogP contribution in [0.3, 0.4) is 0 Å². The van der Waals surface area contributed by atoms with Gasteiger partial charge in [-0.2, -0.15) is 0 Å². The minimum absolute atomic E-state index is 0.0765. The van der Waals surface area contributed by atoms with Crippen LogP contribution in [0, 0.1) is 0 Å². The molecule has 0 saturated heterocycles. The first kappa shape index (κ1) is 18.1. The molecule has 1 aromatic heterocycles. The topological polar surface area (TPSA) is 55.6 Å². The van der Waals surface area contributed by atoms with Gasteiger partial charge in [-0.25, -0.2) is 4.99 Å². The molecular formula is C20H21N3O2S.